The Morgan fingerprint density at radius 1 is 1.17 bits per heavy atom. The smallest absolute Gasteiger partial charge is 0.216 e. The number of aryl methyl sites for hydroxylation is 1. The lowest BCUT2D eigenvalue weighted by atomic mass is 10.1. The van der Waals surface area contributed by atoms with Gasteiger partial charge in [0.15, 0.2) is 5.82 Å². The summed E-state index contributed by atoms with van der Waals surface area (Å²) in [6, 6.07) is 13.2. The third-order valence-electron chi connectivity index (χ3n) is 3.23. The van der Waals surface area contributed by atoms with Crippen molar-refractivity contribution in [3.8, 4) is 11.4 Å². The maximum absolute atomic E-state index is 6.15. The van der Waals surface area contributed by atoms with Gasteiger partial charge in [-0.1, -0.05) is 59.1 Å². The Balaban J connectivity index is 2.00. The van der Waals surface area contributed by atoms with Gasteiger partial charge in [-0.3, -0.25) is 0 Å². The van der Waals surface area contributed by atoms with Crippen molar-refractivity contribution in [2.75, 3.05) is 0 Å². The summed E-state index contributed by atoms with van der Waals surface area (Å²) in [7, 11) is 0. The van der Waals surface area contributed by atoms with Gasteiger partial charge in [-0.25, -0.2) is 5.10 Å². The van der Waals surface area contributed by atoms with Crippen molar-refractivity contribution in [2.45, 2.75) is 6.92 Å². The molecule has 116 valence electrons. The second-order valence-electron chi connectivity index (χ2n) is 4.94. The van der Waals surface area contributed by atoms with Crippen LogP contribution in [0.2, 0.25) is 10.0 Å². The molecule has 3 rings (SSSR count). The van der Waals surface area contributed by atoms with Crippen molar-refractivity contribution in [2.24, 2.45) is 5.10 Å². The second-order valence-corrected chi connectivity index (χ2v) is 6.17. The number of rotatable bonds is 3. The molecule has 0 saturated carbocycles. The number of nitrogens with one attached hydrogen (secondary N) is 1. The van der Waals surface area contributed by atoms with Crippen LogP contribution in [0.1, 0.15) is 11.1 Å². The van der Waals surface area contributed by atoms with Gasteiger partial charge in [0.05, 0.1) is 11.2 Å². The Morgan fingerprint density at radius 2 is 1.91 bits per heavy atom. The van der Waals surface area contributed by atoms with Crippen molar-refractivity contribution in [3.63, 3.8) is 0 Å². The van der Waals surface area contributed by atoms with Crippen LogP contribution in [0.15, 0.2) is 47.6 Å². The topological polar surface area (TPSA) is 46.0 Å². The Hall–Kier alpha value is -1.95. The normalized spacial score (nSPS) is 11.3. The lowest BCUT2D eigenvalue weighted by molar-refractivity contribution is 0.871. The van der Waals surface area contributed by atoms with Gasteiger partial charge in [0.25, 0.3) is 0 Å². The average Bonchev–Trinajstić information content (AvgIpc) is 2.88. The molecule has 1 N–H and O–H groups in total. The molecule has 0 fully saturated rings. The van der Waals surface area contributed by atoms with E-state index in [0.717, 1.165) is 11.1 Å². The minimum atomic E-state index is 0.405. The van der Waals surface area contributed by atoms with E-state index < -0.39 is 0 Å². The van der Waals surface area contributed by atoms with Crippen molar-refractivity contribution in [3.05, 3.63) is 68.4 Å². The number of benzene rings is 2. The average molecular weight is 363 g/mol. The highest BCUT2D eigenvalue weighted by atomic mass is 35.5. The van der Waals surface area contributed by atoms with Gasteiger partial charge in [0.2, 0.25) is 4.77 Å². The summed E-state index contributed by atoms with van der Waals surface area (Å²) < 4.78 is 1.96. The molecule has 0 aliphatic heterocycles. The van der Waals surface area contributed by atoms with Crippen molar-refractivity contribution < 1.29 is 0 Å². The Bertz CT molecular complexity index is 926. The Kier molecular flexibility index (Phi) is 4.61. The standard InChI is InChI=1S/C16H12Cl2N4S/c1-10-2-4-11(5-3-10)15-20-21-16(23)22(15)19-9-12-6-7-13(17)8-14(12)18/h2-9H,1H3,(H,21,23). The molecule has 0 radical (unpaired) electrons. The molecule has 1 aromatic heterocycles. The zero-order valence-electron chi connectivity index (χ0n) is 12.1. The summed E-state index contributed by atoms with van der Waals surface area (Å²) in [6.45, 7) is 2.03. The first-order valence-electron chi connectivity index (χ1n) is 6.78. The molecule has 1 heterocycles. The molecule has 0 aliphatic carbocycles. The highest BCUT2D eigenvalue weighted by Gasteiger charge is 2.08. The fraction of sp³-hybridized carbons (Fsp3) is 0.0625. The Labute approximate surface area is 148 Å². The zero-order valence-corrected chi connectivity index (χ0v) is 14.5. The van der Waals surface area contributed by atoms with E-state index >= 15 is 0 Å². The van der Waals surface area contributed by atoms with Gasteiger partial charge in [0, 0.05) is 16.1 Å². The SMILES string of the molecule is Cc1ccc(-c2n[nH]c(=S)n2N=Cc2ccc(Cl)cc2Cl)cc1. The predicted octanol–water partition coefficient (Wildman–Crippen LogP) is 5.11. The molecule has 0 saturated heterocycles. The van der Waals surface area contributed by atoms with Gasteiger partial charge in [-0.05, 0) is 31.3 Å². The molecule has 0 aliphatic rings. The van der Waals surface area contributed by atoms with Crippen LogP contribution in [-0.2, 0) is 0 Å². The van der Waals surface area contributed by atoms with Crippen LogP contribution in [0.3, 0.4) is 0 Å². The molecule has 0 bridgehead atoms. The minimum Gasteiger partial charge on any atom is -0.250 e. The van der Waals surface area contributed by atoms with Crippen molar-refractivity contribution >= 4 is 41.6 Å². The van der Waals surface area contributed by atoms with E-state index in [2.05, 4.69) is 15.3 Å². The number of aromatic amines is 1. The van der Waals surface area contributed by atoms with Crippen LogP contribution in [0.5, 0.6) is 0 Å². The number of H-pyrrole nitrogens is 1. The van der Waals surface area contributed by atoms with E-state index in [1.165, 1.54) is 5.56 Å². The number of hydrogen-bond donors (Lipinski definition) is 1. The van der Waals surface area contributed by atoms with Crippen molar-refractivity contribution in [1.82, 2.24) is 14.9 Å². The molecule has 4 nitrogen and oxygen atoms in total. The summed E-state index contributed by atoms with van der Waals surface area (Å²) >= 11 is 17.3. The number of nitrogens with zero attached hydrogens (tertiary/aromatic N) is 3. The molecule has 2 aromatic carbocycles. The molecule has 0 atom stereocenters. The van der Waals surface area contributed by atoms with Gasteiger partial charge >= 0.3 is 0 Å². The Morgan fingerprint density at radius 3 is 2.61 bits per heavy atom. The summed E-state index contributed by atoms with van der Waals surface area (Å²) in [5.74, 6) is 0.635. The number of halogens is 2. The molecule has 0 amide bonds. The molecule has 3 aromatic rings. The highest BCUT2D eigenvalue weighted by Crippen LogP contribution is 2.21. The van der Waals surface area contributed by atoms with Gasteiger partial charge in [-0.2, -0.15) is 14.9 Å². The maximum Gasteiger partial charge on any atom is 0.216 e. The maximum atomic E-state index is 6.15. The summed E-state index contributed by atoms with van der Waals surface area (Å²) in [4.78, 5) is 0. The molecule has 23 heavy (non-hydrogen) atoms. The zero-order chi connectivity index (χ0) is 16.4. The quantitative estimate of drug-likeness (QED) is 0.520. The molecule has 7 heteroatoms. The van der Waals surface area contributed by atoms with Crippen LogP contribution in [0.4, 0.5) is 0 Å². The fourth-order valence-corrected chi connectivity index (χ4v) is 2.65. The van der Waals surface area contributed by atoms with E-state index in [1.54, 1.807) is 29.1 Å². The van der Waals surface area contributed by atoms with Gasteiger partial charge in [-0.15, -0.1) is 0 Å². The largest absolute Gasteiger partial charge is 0.250 e. The van der Waals surface area contributed by atoms with Crippen LogP contribution in [-0.4, -0.2) is 21.1 Å². The lowest BCUT2D eigenvalue weighted by Crippen LogP contribution is -1.95. The summed E-state index contributed by atoms with van der Waals surface area (Å²) in [5, 5.41) is 12.5. The molecular weight excluding hydrogens is 351 g/mol. The van der Waals surface area contributed by atoms with E-state index in [-0.39, 0.29) is 0 Å². The predicted molar refractivity (Wildman–Crippen MR) is 97.0 cm³/mol. The van der Waals surface area contributed by atoms with Crippen molar-refractivity contribution in [1.29, 1.82) is 0 Å². The highest BCUT2D eigenvalue weighted by molar-refractivity contribution is 7.71. The van der Waals surface area contributed by atoms with Crippen LogP contribution < -0.4 is 0 Å². The third kappa shape index (κ3) is 3.52. The first-order valence-corrected chi connectivity index (χ1v) is 7.95. The third-order valence-corrected chi connectivity index (χ3v) is 4.06. The minimum absolute atomic E-state index is 0.405. The van der Waals surface area contributed by atoms with Crippen LogP contribution in [0.25, 0.3) is 11.4 Å². The number of aromatic nitrogens is 3. The fourth-order valence-electron chi connectivity index (χ4n) is 2.01. The first-order chi connectivity index (χ1) is 11.0. The summed E-state index contributed by atoms with van der Waals surface area (Å²) in [5.41, 5.74) is 2.84. The van der Waals surface area contributed by atoms with Gasteiger partial charge < -0.3 is 0 Å². The van der Waals surface area contributed by atoms with Crippen LogP contribution in [0, 0.1) is 11.7 Å². The molecule has 0 unspecified atom stereocenters. The van der Waals surface area contributed by atoms with E-state index in [0.29, 0.717) is 20.6 Å². The monoisotopic (exact) mass is 362 g/mol. The van der Waals surface area contributed by atoms with E-state index in [4.69, 9.17) is 35.4 Å². The molecule has 0 spiro atoms. The first kappa shape index (κ1) is 15.9. The van der Waals surface area contributed by atoms with E-state index in [1.807, 2.05) is 31.2 Å². The summed E-state index contributed by atoms with van der Waals surface area (Å²) in [6.07, 6.45) is 1.63. The van der Waals surface area contributed by atoms with Crippen LogP contribution >= 0.6 is 35.4 Å². The molecular formula is C16H12Cl2N4S. The van der Waals surface area contributed by atoms with E-state index in [9.17, 15) is 0 Å². The van der Waals surface area contributed by atoms with Gasteiger partial charge in [0.1, 0.15) is 0 Å². The second kappa shape index (κ2) is 6.66. The lowest BCUT2D eigenvalue weighted by Gasteiger charge is -2.02. The number of hydrogen-bond acceptors (Lipinski definition) is 3.